The summed E-state index contributed by atoms with van der Waals surface area (Å²) in [4.78, 5) is 12.0. The molecule has 0 fully saturated rings. The van der Waals surface area contributed by atoms with Gasteiger partial charge in [0, 0.05) is 0 Å². The molecule has 3 rings (SSSR count). The van der Waals surface area contributed by atoms with Gasteiger partial charge in [-0.05, 0) is 41.0 Å². The molecule has 3 aromatic rings. The van der Waals surface area contributed by atoms with Crippen LogP contribution in [0.5, 0.6) is 5.75 Å². The molecule has 0 bridgehead atoms. The number of ether oxygens (including phenoxy) is 1. The summed E-state index contributed by atoms with van der Waals surface area (Å²) < 4.78 is 30.5. The largest absolute Gasteiger partial charge is 0.492 e. The molecule has 0 radical (unpaired) electrons. The van der Waals surface area contributed by atoms with Gasteiger partial charge in [0.1, 0.15) is 18.1 Å². The Labute approximate surface area is 165 Å². The molecule has 0 aliphatic carbocycles. The monoisotopic (exact) mass is 397 g/mol. The van der Waals surface area contributed by atoms with Gasteiger partial charge in [-0.25, -0.2) is 8.42 Å². The molecule has 0 atom stereocenters. The number of carbonyl (C=O) groups is 1. The Balaban J connectivity index is 1.51. The normalized spacial score (nSPS) is 11.3. The molecule has 0 heterocycles. The third kappa shape index (κ3) is 5.57. The van der Waals surface area contributed by atoms with Gasteiger partial charge >= 0.3 is 0 Å². The van der Waals surface area contributed by atoms with Crippen LogP contribution in [-0.4, -0.2) is 33.2 Å². The van der Waals surface area contributed by atoms with Crippen LogP contribution in [-0.2, 0) is 20.4 Å². The Bertz CT molecular complexity index is 1070. The van der Waals surface area contributed by atoms with Crippen LogP contribution in [0.3, 0.4) is 0 Å². The molecule has 28 heavy (non-hydrogen) atoms. The van der Waals surface area contributed by atoms with Crippen LogP contribution >= 0.6 is 0 Å². The SMILES string of the molecule is Cc1cccc(OCCNC(=O)CS(=O)(=O)Cc2cccc3ccccc23)c1. The van der Waals surface area contributed by atoms with E-state index in [0.717, 1.165) is 22.1 Å². The van der Waals surface area contributed by atoms with Gasteiger partial charge in [0.2, 0.25) is 5.91 Å². The molecule has 1 amide bonds. The summed E-state index contributed by atoms with van der Waals surface area (Å²) in [5, 5.41) is 4.47. The number of hydrogen-bond acceptors (Lipinski definition) is 4. The number of carbonyl (C=O) groups excluding carboxylic acids is 1. The Kier molecular flexibility index (Phi) is 6.31. The molecule has 0 aliphatic heterocycles. The van der Waals surface area contributed by atoms with E-state index in [1.807, 2.05) is 67.6 Å². The number of fused-ring (bicyclic) bond motifs is 1. The fraction of sp³-hybridized carbons (Fsp3) is 0.227. The molecule has 0 aliphatic rings. The number of aryl methyl sites for hydroxylation is 1. The van der Waals surface area contributed by atoms with E-state index in [-0.39, 0.29) is 18.9 Å². The molecule has 5 nitrogen and oxygen atoms in total. The van der Waals surface area contributed by atoms with E-state index in [1.54, 1.807) is 6.07 Å². The fourth-order valence-electron chi connectivity index (χ4n) is 3.02. The van der Waals surface area contributed by atoms with Crippen molar-refractivity contribution in [2.75, 3.05) is 18.9 Å². The lowest BCUT2D eigenvalue weighted by Crippen LogP contribution is -2.33. The number of hydrogen-bond donors (Lipinski definition) is 1. The summed E-state index contributed by atoms with van der Waals surface area (Å²) in [5.41, 5.74) is 1.79. The third-order valence-corrected chi connectivity index (χ3v) is 5.74. The van der Waals surface area contributed by atoms with Crippen molar-refractivity contribution in [3.05, 3.63) is 77.9 Å². The number of sulfone groups is 1. The molecule has 0 aromatic heterocycles. The van der Waals surface area contributed by atoms with Crippen molar-refractivity contribution in [3.8, 4) is 5.75 Å². The zero-order valence-corrected chi connectivity index (χ0v) is 16.5. The molecule has 0 saturated heterocycles. The molecule has 3 aromatic carbocycles. The Morgan fingerprint density at radius 2 is 1.75 bits per heavy atom. The van der Waals surface area contributed by atoms with E-state index < -0.39 is 21.5 Å². The standard InChI is InChI=1S/C22H23NO4S/c1-17-6-4-10-20(14-17)27-13-12-23-22(24)16-28(25,26)15-19-9-5-8-18-7-2-3-11-21(18)19/h2-11,14H,12-13,15-16H2,1H3,(H,23,24). The van der Waals surface area contributed by atoms with E-state index >= 15 is 0 Å². The highest BCUT2D eigenvalue weighted by Crippen LogP contribution is 2.20. The van der Waals surface area contributed by atoms with E-state index in [0.29, 0.717) is 5.56 Å². The summed E-state index contributed by atoms with van der Waals surface area (Å²) in [7, 11) is -3.57. The maximum atomic E-state index is 12.5. The summed E-state index contributed by atoms with van der Waals surface area (Å²) in [5.74, 6) is -0.506. The first-order valence-electron chi connectivity index (χ1n) is 9.06. The molecule has 6 heteroatoms. The first kappa shape index (κ1) is 19.9. The first-order valence-corrected chi connectivity index (χ1v) is 10.9. The van der Waals surface area contributed by atoms with Gasteiger partial charge in [-0.15, -0.1) is 0 Å². The Morgan fingerprint density at radius 1 is 1.00 bits per heavy atom. The average molecular weight is 397 g/mol. The van der Waals surface area contributed by atoms with E-state index in [2.05, 4.69) is 5.32 Å². The van der Waals surface area contributed by atoms with Crippen molar-refractivity contribution in [1.82, 2.24) is 5.32 Å². The van der Waals surface area contributed by atoms with Crippen molar-refractivity contribution >= 4 is 26.5 Å². The van der Waals surface area contributed by atoms with E-state index in [1.165, 1.54) is 0 Å². The van der Waals surface area contributed by atoms with Gasteiger partial charge < -0.3 is 10.1 Å². The van der Waals surface area contributed by atoms with Gasteiger partial charge in [0.25, 0.3) is 0 Å². The molecule has 0 spiro atoms. The second-order valence-electron chi connectivity index (χ2n) is 6.69. The van der Waals surface area contributed by atoms with E-state index in [4.69, 9.17) is 4.74 Å². The Morgan fingerprint density at radius 3 is 2.57 bits per heavy atom. The van der Waals surface area contributed by atoms with Gasteiger partial charge in [0.05, 0.1) is 12.3 Å². The predicted octanol–water partition coefficient (Wildman–Crippen LogP) is 3.26. The second kappa shape index (κ2) is 8.89. The quantitative estimate of drug-likeness (QED) is 0.592. The Hall–Kier alpha value is -2.86. The van der Waals surface area contributed by atoms with Crippen LogP contribution in [0.1, 0.15) is 11.1 Å². The first-order chi connectivity index (χ1) is 13.4. The van der Waals surface area contributed by atoms with Crippen LogP contribution < -0.4 is 10.1 Å². The van der Waals surface area contributed by atoms with Crippen LogP contribution in [0.4, 0.5) is 0 Å². The fourth-order valence-corrected chi connectivity index (χ4v) is 4.35. The number of benzene rings is 3. The van der Waals surface area contributed by atoms with E-state index in [9.17, 15) is 13.2 Å². The number of rotatable bonds is 8. The van der Waals surface area contributed by atoms with Gasteiger partial charge in [-0.1, -0.05) is 54.6 Å². The van der Waals surface area contributed by atoms with Crippen LogP contribution in [0, 0.1) is 6.92 Å². The highest BCUT2D eigenvalue weighted by Gasteiger charge is 2.18. The van der Waals surface area contributed by atoms with Gasteiger partial charge in [-0.3, -0.25) is 4.79 Å². The van der Waals surface area contributed by atoms with Crippen LogP contribution in [0.2, 0.25) is 0 Å². The van der Waals surface area contributed by atoms with Crippen molar-refractivity contribution in [1.29, 1.82) is 0 Å². The minimum absolute atomic E-state index is 0.165. The lowest BCUT2D eigenvalue weighted by molar-refractivity contribution is -0.118. The lowest BCUT2D eigenvalue weighted by atomic mass is 10.1. The zero-order chi connectivity index (χ0) is 20.0. The van der Waals surface area contributed by atoms with Gasteiger partial charge in [0.15, 0.2) is 9.84 Å². The summed E-state index contributed by atoms with van der Waals surface area (Å²) in [6.45, 7) is 2.49. The van der Waals surface area contributed by atoms with Crippen LogP contribution in [0.25, 0.3) is 10.8 Å². The summed E-state index contributed by atoms with van der Waals surface area (Å²) >= 11 is 0. The number of nitrogens with one attached hydrogen (secondary N) is 1. The van der Waals surface area contributed by atoms with Crippen molar-refractivity contribution in [2.45, 2.75) is 12.7 Å². The molecular weight excluding hydrogens is 374 g/mol. The maximum Gasteiger partial charge on any atom is 0.235 e. The second-order valence-corrected chi connectivity index (χ2v) is 8.75. The van der Waals surface area contributed by atoms with Crippen molar-refractivity contribution < 1.29 is 17.9 Å². The molecular formula is C22H23NO4S. The lowest BCUT2D eigenvalue weighted by Gasteiger charge is -2.10. The van der Waals surface area contributed by atoms with Gasteiger partial charge in [-0.2, -0.15) is 0 Å². The molecule has 146 valence electrons. The van der Waals surface area contributed by atoms with Crippen molar-refractivity contribution in [3.63, 3.8) is 0 Å². The van der Waals surface area contributed by atoms with Crippen LogP contribution in [0.15, 0.2) is 66.7 Å². The summed E-state index contributed by atoms with van der Waals surface area (Å²) in [6, 6.07) is 20.8. The minimum Gasteiger partial charge on any atom is -0.492 e. The average Bonchev–Trinajstić information content (AvgIpc) is 2.65. The molecule has 0 unspecified atom stereocenters. The topological polar surface area (TPSA) is 72.5 Å². The van der Waals surface area contributed by atoms with Crippen molar-refractivity contribution in [2.24, 2.45) is 0 Å². The predicted molar refractivity (Wildman–Crippen MR) is 111 cm³/mol. The highest BCUT2D eigenvalue weighted by atomic mass is 32.2. The summed E-state index contributed by atoms with van der Waals surface area (Å²) in [6.07, 6.45) is 0. The zero-order valence-electron chi connectivity index (χ0n) is 15.7. The number of amides is 1. The highest BCUT2D eigenvalue weighted by molar-refractivity contribution is 7.91. The molecule has 1 N–H and O–H groups in total. The third-order valence-electron chi connectivity index (χ3n) is 4.29. The smallest absolute Gasteiger partial charge is 0.235 e. The molecule has 0 saturated carbocycles. The maximum absolute atomic E-state index is 12.5. The minimum atomic E-state index is -3.57.